The van der Waals surface area contributed by atoms with Crippen LogP contribution in [0.25, 0.3) is 0 Å². The Hall–Kier alpha value is -2.08. The minimum Gasteiger partial charge on any atom is -0.495 e. The van der Waals surface area contributed by atoms with E-state index in [0.717, 1.165) is 30.0 Å². The van der Waals surface area contributed by atoms with Gasteiger partial charge in [-0.2, -0.15) is 10.1 Å². The Morgan fingerprint density at radius 2 is 2.20 bits per heavy atom. The molecule has 1 atom stereocenters. The summed E-state index contributed by atoms with van der Waals surface area (Å²) in [6.07, 6.45) is 6.52. The Morgan fingerprint density at radius 3 is 2.96 bits per heavy atom. The van der Waals surface area contributed by atoms with Gasteiger partial charge in [0, 0.05) is 23.7 Å². The first-order valence-electron chi connectivity index (χ1n) is 8.70. The number of rotatable bonds is 5. The molecule has 1 aliphatic rings. The van der Waals surface area contributed by atoms with Crippen LogP contribution in [0.1, 0.15) is 38.2 Å². The van der Waals surface area contributed by atoms with Crippen LogP contribution in [0, 0.1) is 6.92 Å². The van der Waals surface area contributed by atoms with E-state index in [1.54, 1.807) is 19.4 Å². The van der Waals surface area contributed by atoms with Crippen molar-refractivity contribution in [1.29, 1.82) is 0 Å². The fraction of sp³-hybridized carbons (Fsp3) is 0.500. The summed E-state index contributed by atoms with van der Waals surface area (Å²) in [5, 5.41) is 12.1. The molecular formula is C18H24ClN5O. The smallest absolute Gasteiger partial charge is 0.249 e. The molecule has 1 unspecified atom stereocenters. The van der Waals surface area contributed by atoms with E-state index >= 15 is 0 Å². The number of piperidine rings is 1. The van der Waals surface area contributed by atoms with E-state index < -0.39 is 0 Å². The Kier molecular flexibility index (Phi) is 5.58. The van der Waals surface area contributed by atoms with Crippen molar-refractivity contribution < 1.29 is 4.74 Å². The van der Waals surface area contributed by atoms with Crippen molar-refractivity contribution in [2.75, 3.05) is 23.9 Å². The molecule has 1 saturated heterocycles. The molecule has 0 saturated carbocycles. The van der Waals surface area contributed by atoms with Crippen LogP contribution in [0.2, 0.25) is 5.02 Å². The number of hydrogen-bond donors (Lipinski definition) is 1. The number of aromatic nitrogens is 3. The number of ether oxygens (including phenoxy) is 1. The van der Waals surface area contributed by atoms with Crippen molar-refractivity contribution in [3.63, 3.8) is 0 Å². The van der Waals surface area contributed by atoms with Crippen LogP contribution in [0.3, 0.4) is 0 Å². The quantitative estimate of drug-likeness (QED) is 0.853. The van der Waals surface area contributed by atoms with Gasteiger partial charge in [0.2, 0.25) is 5.95 Å². The molecule has 0 bridgehead atoms. The molecule has 3 rings (SSSR count). The number of benzene rings is 1. The van der Waals surface area contributed by atoms with Crippen molar-refractivity contribution in [3.8, 4) is 5.75 Å². The molecule has 7 heteroatoms. The highest BCUT2D eigenvalue weighted by Crippen LogP contribution is 2.32. The summed E-state index contributed by atoms with van der Waals surface area (Å²) in [5.74, 6) is 1.97. The number of anilines is 3. The summed E-state index contributed by atoms with van der Waals surface area (Å²) in [7, 11) is 1.61. The zero-order valence-electron chi connectivity index (χ0n) is 14.9. The zero-order chi connectivity index (χ0) is 17.8. The zero-order valence-corrected chi connectivity index (χ0v) is 15.7. The molecule has 0 spiro atoms. The van der Waals surface area contributed by atoms with Crippen molar-refractivity contribution in [2.24, 2.45) is 0 Å². The largest absolute Gasteiger partial charge is 0.495 e. The van der Waals surface area contributed by atoms with Crippen LogP contribution >= 0.6 is 11.6 Å². The van der Waals surface area contributed by atoms with Gasteiger partial charge in [-0.05, 0) is 44.2 Å². The molecule has 0 radical (unpaired) electrons. The number of halogens is 1. The van der Waals surface area contributed by atoms with E-state index in [1.807, 2.05) is 13.0 Å². The first-order valence-corrected chi connectivity index (χ1v) is 9.07. The maximum absolute atomic E-state index is 6.17. The highest BCUT2D eigenvalue weighted by molar-refractivity contribution is 6.31. The van der Waals surface area contributed by atoms with Gasteiger partial charge in [-0.1, -0.05) is 18.5 Å². The molecule has 1 aromatic heterocycles. The van der Waals surface area contributed by atoms with E-state index in [-0.39, 0.29) is 0 Å². The minimum absolute atomic E-state index is 0.456. The van der Waals surface area contributed by atoms with Crippen LogP contribution < -0.4 is 15.0 Å². The Morgan fingerprint density at radius 1 is 1.36 bits per heavy atom. The Bertz CT molecular complexity index is 739. The second kappa shape index (κ2) is 7.87. The van der Waals surface area contributed by atoms with Gasteiger partial charge >= 0.3 is 0 Å². The summed E-state index contributed by atoms with van der Waals surface area (Å²) < 4.78 is 5.40. The van der Waals surface area contributed by atoms with E-state index in [9.17, 15) is 0 Å². The number of methoxy groups -OCH3 is 1. The first-order chi connectivity index (χ1) is 12.1. The fourth-order valence-electron chi connectivity index (χ4n) is 3.26. The molecule has 0 aliphatic carbocycles. The third-order valence-corrected chi connectivity index (χ3v) is 5.07. The maximum Gasteiger partial charge on any atom is 0.249 e. The van der Waals surface area contributed by atoms with Crippen molar-refractivity contribution in [3.05, 3.63) is 28.9 Å². The second-order valence-corrected chi connectivity index (χ2v) is 6.72. The van der Waals surface area contributed by atoms with Gasteiger partial charge in [-0.25, -0.2) is 0 Å². The minimum atomic E-state index is 0.456. The van der Waals surface area contributed by atoms with Gasteiger partial charge in [0.25, 0.3) is 0 Å². The predicted octanol–water partition coefficient (Wildman–Crippen LogP) is 4.35. The molecule has 1 aliphatic heterocycles. The molecule has 1 aromatic carbocycles. The maximum atomic E-state index is 6.17. The summed E-state index contributed by atoms with van der Waals surface area (Å²) in [5.41, 5.74) is 1.73. The van der Waals surface area contributed by atoms with Crippen LogP contribution in [-0.2, 0) is 0 Å². The van der Waals surface area contributed by atoms with Gasteiger partial charge in [0.15, 0.2) is 5.82 Å². The molecular weight excluding hydrogens is 338 g/mol. The lowest BCUT2D eigenvalue weighted by atomic mass is 10.0. The number of nitrogens with zero attached hydrogens (tertiary/aromatic N) is 4. The Labute approximate surface area is 153 Å². The molecule has 25 heavy (non-hydrogen) atoms. The monoisotopic (exact) mass is 361 g/mol. The lowest BCUT2D eigenvalue weighted by Gasteiger charge is -2.35. The molecule has 134 valence electrons. The third-order valence-electron chi connectivity index (χ3n) is 4.67. The van der Waals surface area contributed by atoms with Gasteiger partial charge in [0.1, 0.15) is 5.75 Å². The van der Waals surface area contributed by atoms with Crippen LogP contribution in [0.5, 0.6) is 5.75 Å². The molecule has 6 nitrogen and oxygen atoms in total. The van der Waals surface area contributed by atoms with Gasteiger partial charge in [-0.15, -0.1) is 5.10 Å². The summed E-state index contributed by atoms with van der Waals surface area (Å²) >= 11 is 6.17. The van der Waals surface area contributed by atoms with Gasteiger partial charge in [-0.3, -0.25) is 0 Å². The second-order valence-electron chi connectivity index (χ2n) is 6.32. The number of aryl methyl sites for hydroxylation is 1. The number of nitrogens with one attached hydrogen (secondary N) is 1. The summed E-state index contributed by atoms with van der Waals surface area (Å²) in [6.45, 7) is 5.18. The summed E-state index contributed by atoms with van der Waals surface area (Å²) in [4.78, 5) is 7.01. The van der Waals surface area contributed by atoms with Crippen molar-refractivity contribution >= 4 is 29.1 Å². The van der Waals surface area contributed by atoms with E-state index in [2.05, 4.69) is 32.3 Å². The highest BCUT2D eigenvalue weighted by Gasteiger charge is 2.22. The SMILES string of the molecule is CCC1CCCCN1c1cnnc(Nc2cc(C)c(Cl)cc2OC)n1. The topological polar surface area (TPSA) is 63.2 Å². The summed E-state index contributed by atoms with van der Waals surface area (Å²) in [6, 6.07) is 4.23. The standard InChI is InChI=1S/C18H24ClN5O/c1-4-13-7-5-6-8-24(13)17-11-20-23-18(22-17)21-15-9-12(2)14(19)10-16(15)25-3/h9-11,13H,4-8H2,1-3H3,(H,21,22,23). The van der Waals surface area contributed by atoms with Crippen molar-refractivity contribution in [2.45, 2.75) is 45.6 Å². The average Bonchev–Trinajstić information content (AvgIpc) is 2.64. The van der Waals surface area contributed by atoms with Crippen molar-refractivity contribution in [1.82, 2.24) is 15.2 Å². The van der Waals surface area contributed by atoms with E-state index in [0.29, 0.717) is 22.8 Å². The van der Waals surface area contributed by atoms with Crippen LogP contribution in [-0.4, -0.2) is 34.9 Å². The van der Waals surface area contributed by atoms with E-state index in [4.69, 9.17) is 16.3 Å². The lowest BCUT2D eigenvalue weighted by Crippen LogP contribution is -2.39. The Balaban J connectivity index is 1.86. The normalized spacial score (nSPS) is 17.4. The molecule has 2 aromatic rings. The highest BCUT2D eigenvalue weighted by atomic mass is 35.5. The lowest BCUT2D eigenvalue weighted by molar-refractivity contribution is 0.416. The molecule has 0 amide bonds. The van der Waals surface area contributed by atoms with Gasteiger partial charge < -0.3 is 15.0 Å². The molecule has 1 N–H and O–H groups in total. The first kappa shape index (κ1) is 17.7. The molecule has 1 fully saturated rings. The van der Waals surface area contributed by atoms with E-state index in [1.165, 1.54) is 19.3 Å². The average molecular weight is 362 g/mol. The number of hydrogen-bond acceptors (Lipinski definition) is 6. The van der Waals surface area contributed by atoms with Gasteiger partial charge in [0.05, 0.1) is 19.0 Å². The third kappa shape index (κ3) is 3.95. The fourth-order valence-corrected chi connectivity index (χ4v) is 3.42. The molecule has 2 heterocycles. The van der Waals surface area contributed by atoms with Crippen LogP contribution in [0.15, 0.2) is 18.3 Å². The van der Waals surface area contributed by atoms with Crippen LogP contribution in [0.4, 0.5) is 17.5 Å². The predicted molar refractivity (Wildman–Crippen MR) is 101 cm³/mol.